The van der Waals surface area contributed by atoms with Crippen LogP contribution in [0.1, 0.15) is 0 Å². The Morgan fingerprint density at radius 2 is 2.36 bits per heavy atom. The van der Waals surface area contributed by atoms with Gasteiger partial charge >= 0.3 is 0 Å². The molecule has 2 fully saturated rings. The average Bonchev–Trinajstić information content (AvgIpc) is 2.23. The number of aliphatic hydroxyl groups is 1. The van der Waals surface area contributed by atoms with Crippen LogP contribution in [0.2, 0.25) is 0 Å². The van der Waals surface area contributed by atoms with Gasteiger partial charge < -0.3 is 20.1 Å². The van der Waals surface area contributed by atoms with Crippen LogP contribution < -0.4 is 5.32 Å². The van der Waals surface area contributed by atoms with Crippen molar-refractivity contribution in [1.82, 2.24) is 10.2 Å². The van der Waals surface area contributed by atoms with Crippen molar-refractivity contribution in [1.29, 1.82) is 0 Å². The van der Waals surface area contributed by atoms with Crippen LogP contribution in [0.4, 0.5) is 0 Å². The van der Waals surface area contributed by atoms with Gasteiger partial charge in [0, 0.05) is 6.54 Å². The Labute approximate surface area is 80.8 Å². The third-order valence-electron chi connectivity index (χ3n) is 2.51. The first-order valence-corrected chi connectivity index (χ1v) is 4.53. The zero-order valence-corrected chi connectivity index (χ0v) is 7.60. The maximum absolute atomic E-state index is 11.6. The van der Waals surface area contributed by atoms with E-state index in [1.165, 1.54) is 4.90 Å². The van der Waals surface area contributed by atoms with E-state index < -0.39 is 12.1 Å². The summed E-state index contributed by atoms with van der Waals surface area (Å²) >= 11 is 0. The largest absolute Gasteiger partial charge is 0.394 e. The van der Waals surface area contributed by atoms with Crippen LogP contribution in [-0.4, -0.2) is 60.3 Å². The van der Waals surface area contributed by atoms with Crippen molar-refractivity contribution >= 4 is 11.8 Å². The van der Waals surface area contributed by atoms with Crippen molar-refractivity contribution in [2.45, 2.75) is 12.1 Å². The maximum Gasteiger partial charge on any atom is 0.248 e. The number of rotatable bonds is 1. The lowest BCUT2D eigenvalue weighted by Crippen LogP contribution is -2.67. The molecule has 2 N–H and O–H groups in total. The first kappa shape index (κ1) is 9.42. The third-order valence-corrected chi connectivity index (χ3v) is 2.51. The van der Waals surface area contributed by atoms with Gasteiger partial charge in [-0.05, 0) is 0 Å². The predicted molar refractivity (Wildman–Crippen MR) is 45.3 cm³/mol. The highest BCUT2D eigenvalue weighted by Crippen LogP contribution is 2.13. The molecule has 2 saturated heterocycles. The molecule has 1 unspecified atom stereocenters. The summed E-state index contributed by atoms with van der Waals surface area (Å²) in [6.07, 6.45) is 0. The number of hydrogen-bond donors (Lipinski definition) is 2. The molecule has 2 aliphatic heterocycles. The second kappa shape index (κ2) is 3.55. The Hall–Kier alpha value is -1.14. The van der Waals surface area contributed by atoms with Crippen molar-refractivity contribution in [2.75, 3.05) is 26.4 Å². The molecule has 2 aliphatic rings. The number of aliphatic hydroxyl groups excluding tert-OH is 1. The number of hydrogen-bond acceptors (Lipinski definition) is 4. The average molecular weight is 200 g/mol. The smallest absolute Gasteiger partial charge is 0.248 e. The molecule has 0 aromatic carbocycles. The summed E-state index contributed by atoms with van der Waals surface area (Å²) in [4.78, 5) is 24.6. The predicted octanol–water partition coefficient (Wildman–Crippen LogP) is -2.30. The standard InChI is InChI=1S/C8H12N2O4/c11-3-5-8(13)10-1-2-14-4-6(10)7(12)9-5/h5-6,11H,1-4H2,(H,9,12)/t5?,6-/m0/s1. The first-order valence-electron chi connectivity index (χ1n) is 4.53. The van der Waals surface area contributed by atoms with E-state index in [0.717, 1.165) is 0 Å². The highest BCUT2D eigenvalue weighted by Gasteiger charge is 2.41. The summed E-state index contributed by atoms with van der Waals surface area (Å²) in [7, 11) is 0. The van der Waals surface area contributed by atoms with Crippen molar-refractivity contribution in [3.63, 3.8) is 0 Å². The van der Waals surface area contributed by atoms with E-state index >= 15 is 0 Å². The first-order chi connectivity index (χ1) is 6.74. The lowest BCUT2D eigenvalue weighted by molar-refractivity contribution is -0.158. The fourth-order valence-corrected chi connectivity index (χ4v) is 1.74. The van der Waals surface area contributed by atoms with Crippen LogP contribution >= 0.6 is 0 Å². The summed E-state index contributed by atoms with van der Waals surface area (Å²) in [5, 5.41) is 11.3. The summed E-state index contributed by atoms with van der Waals surface area (Å²) in [6.45, 7) is 0.769. The van der Waals surface area contributed by atoms with E-state index in [1.807, 2.05) is 0 Å². The molecular formula is C8H12N2O4. The van der Waals surface area contributed by atoms with Gasteiger partial charge in [0.2, 0.25) is 11.8 Å². The van der Waals surface area contributed by atoms with Gasteiger partial charge in [0.15, 0.2) is 0 Å². The van der Waals surface area contributed by atoms with Gasteiger partial charge in [-0.1, -0.05) is 0 Å². The van der Waals surface area contributed by atoms with Gasteiger partial charge in [-0.15, -0.1) is 0 Å². The minimum Gasteiger partial charge on any atom is -0.394 e. The van der Waals surface area contributed by atoms with Gasteiger partial charge in [-0.2, -0.15) is 0 Å². The number of ether oxygens (including phenoxy) is 1. The lowest BCUT2D eigenvalue weighted by Gasteiger charge is -2.40. The van der Waals surface area contributed by atoms with E-state index in [0.29, 0.717) is 13.2 Å². The Kier molecular flexibility index (Phi) is 2.39. The van der Waals surface area contributed by atoms with Crippen LogP contribution in [0.25, 0.3) is 0 Å². The van der Waals surface area contributed by atoms with Gasteiger partial charge in [0.05, 0.1) is 19.8 Å². The lowest BCUT2D eigenvalue weighted by atomic mass is 10.1. The zero-order valence-electron chi connectivity index (χ0n) is 7.60. The topological polar surface area (TPSA) is 78.9 Å². The summed E-state index contributed by atoms with van der Waals surface area (Å²) in [6, 6.07) is -1.30. The minimum atomic E-state index is -0.781. The molecule has 6 nitrogen and oxygen atoms in total. The Morgan fingerprint density at radius 1 is 1.57 bits per heavy atom. The van der Waals surface area contributed by atoms with Crippen LogP contribution in [0.5, 0.6) is 0 Å². The number of nitrogens with zero attached hydrogens (tertiary/aromatic N) is 1. The third kappa shape index (κ3) is 1.36. The Balaban J connectivity index is 2.17. The molecule has 0 bridgehead atoms. The Morgan fingerprint density at radius 3 is 3.07 bits per heavy atom. The molecule has 6 heteroatoms. The molecule has 14 heavy (non-hydrogen) atoms. The van der Waals surface area contributed by atoms with Gasteiger partial charge in [-0.25, -0.2) is 0 Å². The maximum atomic E-state index is 11.6. The van der Waals surface area contributed by atoms with Crippen LogP contribution in [0.3, 0.4) is 0 Å². The number of piperazine rings is 1. The molecule has 2 atom stereocenters. The molecule has 2 amide bonds. The molecule has 0 aromatic heterocycles. The van der Waals surface area contributed by atoms with E-state index in [9.17, 15) is 9.59 Å². The normalized spacial score (nSPS) is 32.5. The molecule has 0 saturated carbocycles. The number of amides is 2. The number of morpholine rings is 1. The zero-order chi connectivity index (χ0) is 10.1. The molecule has 78 valence electrons. The van der Waals surface area contributed by atoms with Gasteiger partial charge in [0.25, 0.3) is 0 Å². The fourth-order valence-electron chi connectivity index (χ4n) is 1.74. The number of nitrogens with one attached hydrogen (secondary N) is 1. The van der Waals surface area contributed by atoms with Gasteiger partial charge in [0.1, 0.15) is 12.1 Å². The molecule has 0 aromatic rings. The van der Waals surface area contributed by atoms with Crippen LogP contribution in [-0.2, 0) is 14.3 Å². The molecule has 0 aliphatic carbocycles. The van der Waals surface area contributed by atoms with Crippen molar-refractivity contribution in [3.8, 4) is 0 Å². The highest BCUT2D eigenvalue weighted by atomic mass is 16.5. The summed E-state index contributed by atoms with van der Waals surface area (Å²) in [5.74, 6) is -0.469. The van der Waals surface area contributed by atoms with Crippen molar-refractivity contribution < 1.29 is 19.4 Å². The Bertz CT molecular complexity index is 268. The molecule has 0 radical (unpaired) electrons. The second-order valence-electron chi connectivity index (χ2n) is 3.37. The van der Waals surface area contributed by atoms with E-state index in [1.54, 1.807) is 0 Å². The number of fused-ring (bicyclic) bond motifs is 1. The highest BCUT2D eigenvalue weighted by molar-refractivity contribution is 5.97. The molecule has 2 heterocycles. The van der Waals surface area contributed by atoms with Crippen molar-refractivity contribution in [3.05, 3.63) is 0 Å². The summed E-state index contributed by atoms with van der Waals surface area (Å²) in [5.41, 5.74) is 0. The minimum absolute atomic E-state index is 0.222. The SMILES string of the molecule is O=C1NC(CO)C(=O)N2CCOC[C@@H]12. The van der Waals surface area contributed by atoms with Gasteiger partial charge in [-0.3, -0.25) is 9.59 Å². The van der Waals surface area contributed by atoms with Crippen molar-refractivity contribution in [2.24, 2.45) is 0 Å². The fraction of sp³-hybridized carbons (Fsp3) is 0.750. The quantitative estimate of drug-likeness (QED) is 0.499. The molecule has 2 rings (SSSR count). The van der Waals surface area contributed by atoms with E-state index in [-0.39, 0.29) is 25.0 Å². The monoisotopic (exact) mass is 200 g/mol. The second-order valence-corrected chi connectivity index (χ2v) is 3.37. The summed E-state index contributed by atoms with van der Waals surface area (Å²) < 4.78 is 5.11. The number of carbonyl (C=O) groups is 2. The van der Waals surface area contributed by atoms with E-state index in [2.05, 4.69) is 5.32 Å². The van der Waals surface area contributed by atoms with Crippen LogP contribution in [0.15, 0.2) is 0 Å². The molecule has 0 spiro atoms. The van der Waals surface area contributed by atoms with Crippen LogP contribution in [0, 0.1) is 0 Å². The number of carbonyl (C=O) groups excluding carboxylic acids is 2. The molecular weight excluding hydrogens is 188 g/mol. The van der Waals surface area contributed by atoms with E-state index in [4.69, 9.17) is 9.84 Å².